The summed E-state index contributed by atoms with van der Waals surface area (Å²) < 4.78 is 1.69. The van der Waals surface area contributed by atoms with Gasteiger partial charge >= 0.3 is 5.97 Å². The third kappa shape index (κ3) is 5.11. The van der Waals surface area contributed by atoms with Crippen LogP contribution in [-0.4, -0.2) is 43.7 Å². The molecular formula is C13H21N3O3. The van der Waals surface area contributed by atoms with E-state index in [1.807, 2.05) is 20.8 Å². The molecule has 6 heteroatoms. The van der Waals surface area contributed by atoms with Crippen molar-refractivity contribution in [1.29, 1.82) is 0 Å². The average molecular weight is 267 g/mol. The van der Waals surface area contributed by atoms with Gasteiger partial charge in [-0.15, -0.1) is 0 Å². The number of carbonyl (C=O) groups is 2. The van der Waals surface area contributed by atoms with Gasteiger partial charge in [-0.25, -0.2) is 0 Å². The lowest BCUT2D eigenvalue weighted by Gasteiger charge is -2.35. The van der Waals surface area contributed by atoms with Crippen LogP contribution in [-0.2, 0) is 16.1 Å². The maximum Gasteiger partial charge on any atom is 0.305 e. The molecule has 0 saturated carbocycles. The van der Waals surface area contributed by atoms with E-state index in [9.17, 15) is 9.59 Å². The molecule has 19 heavy (non-hydrogen) atoms. The van der Waals surface area contributed by atoms with Crippen molar-refractivity contribution in [2.24, 2.45) is 0 Å². The minimum absolute atomic E-state index is 0.0369. The fraction of sp³-hybridized carbons (Fsp3) is 0.615. The summed E-state index contributed by atoms with van der Waals surface area (Å²) in [5.74, 6) is -0.946. The third-order valence-corrected chi connectivity index (χ3v) is 2.77. The number of amides is 1. The minimum Gasteiger partial charge on any atom is -0.481 e. The molecule has 1 rings (SSSR count). The maximum atomic E-state index is 12.2. The van der Waals surface area contributed by atoms with Crippen molar-refractivity contribution in [3.8, 4) is 0 Å². The highest BCUT2D eigenvalue weighted by Crippen LogP contribution is 2.15. The second-order valence-corrected chi connectivity index (χ2v) is 5.38. The van der Waals surface area contributed by atoms with Gasteiger partial charge in [0.05, 0.1) is 6.42 Å². The van der Waals surface area contributed by atoms with Gasteiger partial charge in [-0.3, -0.25) is 14.3 Å². The molecule has 0 atom stereocenters. The van der Waals surface area contributed by atoms with Crippen LogP contribution in [0.5, 0.6) is 0 Å². The standard InChI is InChI=1S/C13H21N3O3/c1-13(2,3)16(10-6-12(18)19)11(17)5-9-15-8-4-7-14-15/h4,7-8H,5-6,9-10H2,1-3H3,(H,18,19). The molecule has 1 aromatic heterocycles. The van der Waals surface area contributed by atoms with E-state index in [0.29, 0.717) is 13.0 Å². The third-order valence-electron chi connectivity index (χ3n) is 2.77. The van der Waals surface area contributed by atoms with Crippen molar-refractivity contribution in [2.75, 3.05) is 6.54 Å². The fourth-order valence-electron chi connectivity index (χ4n) is 1.82. The number of carboxylic acid groups (broad SMARTS) is 1. The number of hydrogen-bond acceptors (Lipinski definition) is 3. The molecule has 0 saturated heterocycles. The van der Waals surface area contributed by atoms with E-state index in [1.165, 1.54) is 0 Å². The van der Waals surface area contributed by atoms with Crippen LogP contribution in [0, 0.1) is 0 Å². The van der Waals surface area contributed by atoms with Crippen LogP contribution in [0.25, 0.3) is 0 Å². The molecule has 0 aliphatic rings. The zero-order chi connectivity index (χ0) is 14.5. The number of aliphatic carboxylic acids is 1. The summed E-state index contributed by atoms with van der Waals surface area (Å²) in [7, 11) is 0. The molecule has 1 amide bonds. The number of hydrogen-bond donors (Lipinski definition) is 1. The van der Waals surface area contributed by atoms with Gasteiger partial charge in [0.1, 0.15) is 0 Å². The molecule has 0 fully saturated rings. The number of aromatic nitrogens is 2. The van der Waals surface area contributed by atoms with Crippen molar-refractivity contribution in [3.05, 3.63) is 18.5 Å². The van der Waals surface area contributed by atoms with Crippen LogP contribution in [0.15, 0.2) is 18.5 Å². The van der Waals surface area contributed by atoms with Crippen molar-refractivity contribution in [1.82, 2.24) is 14.7 Å². The Morgan fingerprint density at radius 2 is 2.00 bits per heavy atom. The summed E-state index contributed by atoms with van der Waals surface area (Å²) >= 11 is 0. The van der Waals surface area contributed by atoms with Gasteiger partial charge in [-0.1, -0.05) is 0 Å². The highest BCUT2D eigenvalue weighted by molar-refractivity contribution is 5.77. The molecule has 6 nitrogen and oxygen atoms in total. The molecule has 0 radical (unpaired) electrons. The number of aryl methyl sites for hydroxylation is 1. The zero-order valence-electron chi connectivity index (χ0n) is 11.7. The number of rotatable bonds is 6. The van der Waals surface area contributed by atoms with Gasteiger partial charge in [0.15, 0.2) is 0 Å². The lowest BCUT2D eigenvalue weighted by molar-refractivity contribution is -0.140. The summed E-state index contributed by atoms with van der Waals surface area (Å²) in [6.45, 7) is 6.45. The first-order valence-corrected chi connectivity index (χ1v) is 6.30. The van der Waals surface area contributed by atoms with Gasteiger partial charge in [0.25, 0.3) is 0 Å². The summed E-state index contributed by atoms with van der Waals surface area (Å²) in [6.07, 6.45) is 3.74. The maximum absolute atomic E-state index is 12.2. The van der Waals surface area contributed by atoms with Gasteiger partial charge in [0, 0.05) is 37.4 Å². The molecular weight excluding hydrogens is 246 g/mol. The summed E-state index contributed by atoms with van der Waals surface area (Å²) in [5, 5.41) is 12.8. The Morgan fingerprint density at radius 1 is 1.32 bits per heavy atom. The monoisotopic (exact) mass is 267 g/mol. The highest BCUT2D eigenvalue weighted by atomic mass is 16.4. The van der Waals surface area contributed by atoms with Crippen molar-refractivity contribution < 1.29 is 14.7 Å². The normalized spacial score (nSPS) is 11.3. The predicted octanol–water partition coefficient (Wildman–Crippen LogP) is 1.37. The van der Waals surface area contributed by atoms with Crippen LogP contribution in [0.2, 0.25) is 0 Å². The molecule has 0 aromatic carbocycles. The SMILES string of the molecule is CC(C)(C)N(CCC(=O)O)C(=O)CCn1cccn1. The van der Waals surface area contributed by atoms with Gasteiger partial charge < -0.3 is 10.0 Å². The first-order valence-electron chi connectivity index (χ1n) is 6.30. The first-order chi connectivity index (χ1) is 8.80. The Labute approximate surface area is 113 Å². The second kappa shape index (κ2) is 6.36. The van der Waals surface area contributed by atoms with Gasteiger partial charge in [0.2, 0.25) is 5.91 Å². The quantitative estimate of drug-likeness (QED) is 0.844. The van der Waals surface area contributed by atoms with E-state index < -0.39 is 5.97 Å². The molecule has 1 heterocycles. The minimum atomic E-state index is -0.894. The predicted molar refractivity (Wildman–Crippen MR) is 70.6 cm³/mol. The molecule has 106 valence electrons. The van der Waals surface area contributed by atoms with Gasteiger partial charge in [-0.05, 0) is 26.8 Å². The molecule has 0 unspecified atom stereocenters. The smallest absolute Gasteiger partial charge is 0.305 e. The Hall–Kier alpha value is -1.85. The molecule has 0 aliphatic heterocycles. The van der Waals surface area contributed by atoms with Gasteiger partial charge in [-0.2, -0.15) is 5.10 Å². The molecule has 0 aliphatic carbocycles. The Kier molecular flexibility index (Phi) is 5.09. The topological polar surface area (TPSA) is 75.4 Å². The number of carboxylic acids is 1. The fourth-order valence-corrected chi connectivity index (χ4v) is 1.82. The van der Waals surface area contributed by atoms with E-state index in [1.54, 1.807) is 28.0 Å². The summed E-state index contributed by atoms with van der Waals surface area (Å²) in [4.78, 5) is 24.5. The Bertz CT molecular complexity index is 421. The van der Waals surface area contributed by atoms with E-state index in [-0.39, 0.29) is 24.4 Å². The van der Waals surface area contributed by atoms with Crippen molar-refractivity contribution >= 4 is 11.9 Å². The van der Waals surface area contributed by atoms with Crippen LogP contribution < -0.4 is 0 Å². The summed E-state index contributed by atoms with van der Waals surface area (Å²) in [6, 6.07) is 1.80. The van der Waals surface area contributed by atoms with E-state index in [2.05, 4.69) is 5.10 Å². The van der Waals surface area contributed by atoms with E-state index >= 15 is 0 Å². The largest absolute Gasteiger partial charge is 0.481 e. The number of nitrogens with zero attached hydrogens (tertiary/aromatic N) is 3. The molecule has 0 spiro atoms. The molecule has 1 N–H and O–H groups in total. The first kappa shape index (κ1) is 15.2. The molecule has 0 bridgehead atoms. The van der Waals surface area contributed by atoms with Crippen LogP contribution in [0.4, 0.5) is 0 Å². The Morgan fingerprint density at radius 3 is 2.47 bits per heavy atom. The zero-order valence-corrected chi connectivity index (χ0v) is 11.7. The lowest BCUT2D eigenvalue weighted by atomic mass is 10.0. The lowest BCUT2D eigenvalue weighted by Crippen LogP contribution is -2.46. The van der Waals surface area contributed by atoms with Crippen molar-refractivity contribution in [3.63, 3.8) is 0 Å². The highest BCUT2D eigenvalue weighted by Gasteiger charge is 2.26. The van der Waals surface area contributed by atoms with Crippen LogP contribution >= 0.6 is 0 Å². The van der Waals surface area contributed by atoms with E-state index in [0.717, 1.165) is 0 Å². The second-order valence-electron chi connectivity index (χ2n) is 5.38. The Balaban J connectivity index is 2.58. The van der Waals surface area contributed by atoms with Crippen LogP contribution in [0.1, 0.15) is 33.6 Å². The van der Waals surface area contributed by atoms with Crippen LogP contribution in [0.3, 0.4) is 0 Å². The number of carbonyl (C=O) groups excluding carboxylic acids is 1. The van der Waals surface area contributed by atoms with E-state index in [4.69, 9.17) is 5.11 Å². The average Bonchev–Trinajstić information content (AvgIpc) is 2.76. The summed E-state index contributed by atoms with van der Waals surface area (Å²) in [5.41, 5.74) is -0.378. The van der Waals surface area contributed by atoms with Crippen molar-refractivity contribution in [2.45, 2.75) is 45.7 Å². The molecule has 1 aromatic rings.